The van der Waals surface area contributed by atoms with Gasteiger partial charge in [-0.1, -0.05) is 18.2 Å². The number of fused-ring (bicyclic) bond motifs is 1. The molecule has 2 aromatic heterocycles. The number of sulfone groups is 1. The molecular weight excluding hydrogens is 452 g/mol. The predicted octanol–water partition coefficient (Wildman–Crippen LogP) is 3.24. The molecular formula is C25H22N4O4S. The van der Waals surface area contributed by atoms with E-state index in [-0.39, 0.29) is 30.5 Å². The third-order valence-corrected chi connectivity index (χ3v) is 7.54. The summed E-state index contributed by atoms with van der Waals surface area (Å²) in [6.45, 7) is 0.419. The number of benzene rings is 2. The summed E-state index contributed by atoms with van der Waals surface area (Å²) in [5.41, 5.74) is 4.67. The predicted molar refractivity (Wildman–Crippen MR) is 129 cm³/mol. The summed E-state index contributed by atoms with van der Waals surface area (Å²) in [7, 11) is -1.48. The number of hydrogen-bond donors (Lipinski definition) is 0. The minimum atomic E-state index is -3.06. The van der Waals surface area contributed by atoms with Crippen molar-refractivity contribution in [1.82, 2.24) is 19.9 Å². The average Bonchev–Trinajstić information content (AvgIpc) is 2.88. The first kappa shape index (κ1) is 22.0. The number of rotatable bonds is 4. The molecule has 0 spiro atoms. The van der Waals surface area contributed by atoms with E-state index in [1.807, 2.05) is 42.5 Å². The highest BCUT2D eigenvalue weighted by molar-refractivity contribution is 7.91. The van der Waals surface area contributed by atoms with Gasteiger partial charge in [0.1, 0.15) is 6.33 Å². The van der Waals surface area contributed by atoms with Gasteiger partial charge in [-0.25, -0.2) is 23.4 Å². The molecule has 2 aromatic carbocycles. The van der Waals surface area contributed by atoms with E-state index in [0.29, 0.717) is 17.1 Å². The van der Waals surface area contributed by atoms with Gasteiger partial charge in [-0.2, -0.15) is 0 Å². The van der Waals surface area contributed by atoms with Gasteiger partial charge in [-0.15, -0.1) is 0 Å². The molecule has 9 heteroatoms. The van der Waals surface area contributed by atoms with Crippen LogP contribution in [0.5, 0.6) is 5.88 Å². The van der Waals surface area contributed by atoms with Crippen LogP contribution in [0.3, 0.4) is 0 Å². The Morgan fingerprint density at radius 3 is 2.44 bits per heavy atom. The maximum atomic E-state index is 13.0. The van der Waals surface area contributed by atoms with E-state index >= 15 is 0 Å². The molecule has 1 saturated heterocycles. The van der Waals surface area contributed by atoms with Gasteiger partial charge < -0.3 is 9.64 Å². The summed E-state index contributed by atoms with van der Waals surface area (Å²) < 4.78 is 28.6. The largest absolute Gasteiger partial charge is 0.481 e. The standard InChI is InChI=1S/C25H22N4O4S/c1-33-23-8-6-20(15-26-23)17-5-7-22-21(14-17)24(28-16-27-22)18-3-2-4-19(13-18)25(30)29-9-11-34(31,32)12-10-29/h2-8,13-16H,9-12H2,1H3. The molecule has 34 heavy (non-hydrogen) atoms. The monoisotopic (exact) mass is 474 g/mol. The lowest BCUT2D eigenvalue weighted by Crippen LogP contribution is -2.43. The van der Waals surface area contributed by atoms with Crippen LogP contribution in [-0.4, -0.2) is 65.9 Å². The Hall–Kier alpha value is -3.85. The number of ether oxygens (including phenoxy) is 1. The van der Waals surface area contributed by atoms with Gasteiger partial charge in [0.2, 0.25) is 5.88 Å². The maximum Gasteiger partial charge on any atom is 0.253 e. The van der Waals surface area contributed by atoms with Crippen LogP contribution < -0.4 is 4.74 Å². The fraction of sp³-hybridized carbons (Fsp3) is 0.200. The summed E-state index contributed by atoms with van der Waals surface area (Å²) in [5, 5.41) is 0.851. The third-order valence-electron chi connectivity index (χ3n) is 5.93. The fourth-order valence-corrected chi connectivity index (χ4v) is 5.24. The molecule has 0 unspecified atom stereocenters. The van der Waals surface area contributed by atoms with Gasteiger partial charge >= 0.3 is 0 Å². The van der Waals surface area contributed by atoms with Crippen LogP contribution in [0, 0.1) is 0 Å². The first-order valence-corrected chi connectivity index (χ1v) is 12.6. The number of carbonyl (C=O) groups excluding carboxylic acids is 1. The van der Waals surface area contributed by atoms with Gasteiger partial charge in [0, 0.05) is 47.4 Å². The zero-order valence-corrected chi connectivity index (χ0v) is 19.3. The molecule has 8 nitrogen and oxygen atoms in total. The smallest absolute Gasteiger partial charge is 0.253 e. The van der Waals surface area contributed by atoms with E-state index in [1.165, 1.54) is 6.33 Å². The molecule has 1 amide bonds. The van der Waals surface area contributed by atoms with Crippen molar-refractivity contribution in [2.24, 2.45) is 0 Å². The molecule has 3 heterocycles. The number of hydrogen-bond acceptors (Lipinski definition) is 7. The van der Waals surface area contributed by atoms with Crippen LogP contribution in [0.25, 0.3) is 33.3 Å². The number of carbonyl (C=O) groups is 1. The fourth-order valence-electron chi connectivity index (χ4n) is 4.04. The quantitative estimate of drug-likeness (QED) is 0.447. The molecule has 0 atom stereocenters. The van der Waals surface area contributed by atoms with Crippen LogP contribution in [0.2, 0.25) is 0 Å². The summed E-state index contributed by atoms with van der Waals surface area (Å²) in [6.07, 6.45) is 3.26. The summed E-state index contributed by atoms with van der Waals surface area (Å²) in [5.74, 6) is 0.358. The Labute approximate surface area is 197 Å². The summed E-state index contributed by atoms with van der Waals surface area (Å²) >= 11 is 0. The van der Waals surface area contributed by atoms with Crippen molar-refractivity contribution in [2.75, 3.05) is 31.7 Å². The lowest BCUT2D eigenvalue weighted by molar-refractivity contribution is 0.0770. The number of amides is 1. The molecule has 0 bridgehead atoms. The van der Waals surface area contributed by atoms with Crippen molar-refractivity contribution in [3.8, 4) is 28.3 Å². The number of nitrogens with zero attached hydrogens (tertiary/aromatic N) is 4. The number of methoxy groups -OCH3 is 1. The molecule has 1 aliphatic heterocycles. The second-order valence-electron chi connectivity index (χ2n) is 8.07. The minimum Gasteiger partial charge on any atom is -0.481 e. The van der Waals surface area contributed by atoms with Crippen LogP contribution in [0.1, 0.15) is 10.4 Å². The molecule has 0 N–H and O–H groups in total. The third kappa shape index (κ3) is 4.34. The number of aromatic nitrogens is 3. The molecule has 0 aliphatic carbocycles. The van der Waals surface area contributed by atoms with E-state index in [2.05, 4.69) is 15.0 Å². The van der Waals surface area contributed by atoms with Crippen molar-refractivity contribution >= 4 is 26.6 Å². The van der Waals surface area contributed by atoms with Gasteiger partial charge in [-0.05, 0) is 35.9 Å². The van der Waals surface area contributed by atoms with Crippen molar-refractivity contribution in [1.29, 1.82) is 0 Å². The maximum absolute atomic E-state index is 13.0. The molecule has 0 radical (unpaired) electrons. The zero-order valence-electron chi connectivity index (χ0n) is 18.5. The van der Waals surface area contributed by atoms with E-state index < -0.39 is 9.84 Å². The Morgan fingerprint density at radius 1 is 0.912 bits per heavy atom. The van der Waals surface area contributed by atoms with Crippen molar-refractivity contribution in [2.45, 2.75) is 0 Å². The lowest BCUT2D eigenvalue weighted by atomic mass is 10.00. The van der Waals surface area contributed by atoms with Gasteiger partial charge in [0.05, 0.1) is 29.8 Å². The highest BCUT2D eigenvalue weighted by atomic mass is 32.2. The molecule has 4 aromatic rings. The Morgan fingerprint density at radius 2 is 1.71 bits per heavy atom. The van der Waals surface area contributed by atoms with Gasteiger partial charge in [0.25, 0.3) is 5.91 Å². The van der Waals surface area contributed by atoms with Crippen LogP contribution >= 0.6 is 0 Å². The topological polar surface area (TPSA) is 102 Å². The second-order valence-corrected chi connectivity index (χ2v) is 10.4. The van der Waals surface area contributed by atoms with Crippen LogP contribution in [0.4, 0.5) is 0 Å². The molecule has 1 aliphatic rings. The van der Waals surface area contributed by atoms with E-state index in [9.17, 15) is 13.2 Å². The summed E-state index contributed by atoms with van der Waals surface area (Å²) in [4.78, 5) is 27.8. The van der Waals surface area contributed by atoms with E-state index in [1.54, 1.807) is 30.3 Å². The van der Waals surface area contributed by atoms with Crippen LogP contribution in [-0.2, 0) is 9.84 Å². The Bertz CT molecular complexity index is 1470. The second kappa shape index (κ2) is 8.83. The van der Waals surface area contributed by atoms with Gasteiger partial charge in [-0.3, -0.25) is 4.79 Å². The SMILES string of the molecule is COc1ccc(-c2ccc3ncnc(-c4cccc(C(=O)N5CCS(=O)(=O)CC5)c4)c3c2)cn1. The van der Waals surface area contributed by atoms with Gasteiger partial charge in [0.15, 0.2) is 9.84 Å². The Kier molecular flexibility index (Phi) is 5.70. The van der Waals surface area contributed by atoms with Crippen molar-refractivity contribution in [3.05, 3.63) is 72.7 Å². The molecule has 5 rings (SSSR count). The van der Waals surface area contributed by atoms with Crippen molar-refractivity contribution < 1.29 is 17.9 Å². The minimum absolute atomic E-state index is 0.00201. The van der Waals surface area contributed by atoms with Crippen LogP contribution in [0.15, 0.2) is 67.1 Å². The van der Waals surface area contributed by atoms with Crippen molar-refractivity contribution in [3.63, 3.8) is 0 Å². The Balaban J connectivity index is 1.51. The highest BCUT2D eigenvalue weighted by Crippen LogP contribution is 2.30. The first-order chi connectivity index (χ1) is 16.4. The first-order valence-electron chi connectivity index (χ1n) is 10.8. The lowest BCUT2D eigenvalue weighted by Gasteiger charge is -2.26. The zero-order chi connectivity index (χ0) is 23.7. The average molecular weight is 475 g/mol. The molecule has 172 valence electrons. The normalized spacial score (nSPS) is 15.3. The molecule has 0 saturated carbocycles. The highest BCUT2D eigenvalue weighted by Gasteiger charge is 2.26. The summed E-state index contributed by atoms with van der Waals surface area (Å²) in [6, 6.07) is 16.9. The molecule has 1 fully saturated rings. The van der Waals surface area contributed by atoms with E-state index in [4.69, 9.17) is 4.74 Å². The number of pyridine rings is 1. The van der Waals surface area contributed by atoms with E-state index in [0.717, 1.165) is 27.6 Å².